The molecule has 0 radical (unpaired) electrons. The number of thiol groups is 1. The summed E-state index contributed by atoms with van der Waals surface area (Å²) in [6.45, 7) is 0.264. The van der Waals surface area contributed by atoms with E-state index in [1.165, 1.54) is 18.2 Å². The molecule has 3 nitrogen and oxygen atoms in total. The number of carbonyl (C=O) groups is 1. The van der Waals surface area contributed by atoms with E-state index in [0.717, 1.165) is 19.3 Å². The van der Waals surface area contributed by atoms with Crippen molar-refractivity contribution in [2.75, 3.05) is 13.2 Å². The Morgan fingerprint density at radius 1 is 1.50 bits per heavy atom. The van der Waals surface area contributed by atoms with Gasteiger partial charge >= 0.3 is 0 Å². The Balaban J connectivity index is 2.18. The van der Waals surface area contributed by atoms with Gasteiger partial charge in [-0.15, -0.1) is 12.6 Å². The van der Waals surface area contributed by atoms with Crippen molar-refractivity contribution < 1.29 is 14.3 Å². The molecule has 1 aliphatic carbocycles. The molecule has 0 spiro atoms. The van der Waals surface area contributed by atoms with Gasteiger partial charge in [0, 0.05) is 23.0 Å². The molecule has 1 fully saturated rings. The molecule has 1 aromatic carbocycles. The van der Waals surface area contributed by atoms with Crippen molar-refractivity contribution in [1.29, 1.82) is 0 Å². The summed E-state index contributed by atoms with van der Waals surface area (Å²) in [5.41, 5.74) is 0.418. The Labute approximate surface area is 111 Å². The van der Waals surface area contributed by atoms with Gasteiger partial charge in [0.1, 0.15) is 5.82 Å². The highest BCUT2D eigenvalue weighted by Crippen LogP contribution is 2.26. The van der Waals surface area contributed by atoms with E-state index in [1.807, 2.05) is 0 Å². The van der Waals surface area contributed by atoms with Gasteiger partial charge in [0.2, 0.25) is 0 Å². The summed E-state index contributed by atoms with van der Waals surface area (Å²) >= 11 is 3.98. The van der Waals surface area contributed by atoms with Crippen molar-refractivity contribution in [2.45, 2.75) is 30.2 Å². The van der Waals surface area contributed by atoms with Crippen molar-refractivity contribution in [1.82, 2.24) is 4.90 Å². The molecule has 0 saturated heterocycles. The van der Waals surface area contributed by atoms with Crippen molar-refractivity contribution in [3.8, 4) is 0 Å². The number of carbonyl (C=O) groups excluding carboxylic acids is 1. The van der Waals surface area contributed by atoms with Crippen LogP contribution in [0.25, 0.3) is 0 Å². The van der Waals surface area contributed by atoms with Crippen LogP contribution in [0, 0.1) is 5.82 Å². The van der Waals surface area contributed by atoms with Crippen molar-refractivity contribution >= 4 is 18.5 Å². The Bertz CT molecular complexity index is 449. The van der Waals surface area contributed by atoms with E-state index in [2.05, 4.69) is 12.6 Å². The number of nitrogens with zero attached hydrogens (tertiary/aromatic N) is 1. The molecule has 1 aromatic rings. The molecular formula is C13H16FNO2S. The zero-order valence-corrected chi connectivity index (χ0v) is 10.9. The van der Waals surface area contributed by atoms with Crippen LogP contribution >= 0.6 is 12.6 Å². The van der Waals surface area contributed by atoms with Crippen LogP contribution < -0.4 is 0 Å². The second kappa shape index (κ2) is 5.71. The van der Waals surface area contributed by atoms with Crippen LogP contribution in [-0.2, 0) is 0 Å². The summed E-state index contributed by atoms with van der Waals surface area (Å²) in [4.78, 5) is 14.1. The average Bonchev–Trinajstić information content (AvgIpc) is 2.29. The number of hydrogen-bond donors (Lipinski definition) is 2. The molecule has 18 heavy (non-hydrogen) atoms. The zero-order chi connectivity index (χ0) is 13.1. The first-order chi connectivity index (χ1) is 8.63. The molecule has 0 unspecified atom stereocenters. The first kappa shape index (κ1) is 13.4. The molecule has 2 rings (SSSR count). The minimum absolute atomic E-state index is 0.0584. The third-order valence-corrected chi connectivity index (χ3v) is 3.65. The fraction of sp³-hybridized carbons (Fsp3) is 0.462. The Hall–Kier alpha value is -1.07. The molecule has 0 bridgehead atoms. The number of halogens is 1. The Kier molecular flexibility index (Phi) is 4.24. The van der Waals surface area contributed by atoms with E-state index in [9.17, 15) is 9.18 Å². The molecule has 5 heteroatoms. The molecule has 0 aromatic heterocycles. The van der Waals surface area contributed by atoms with Crippen LogP contribution in [0.2, 0.25) is 0 Å². The first-order valence-electron chi connectivity index (χ1n) is 6.04. The Morgan fingerprint density at radius 3 is 2.72 bits per heavy atom. The molecule has 1 N–H and O–H groups in total. The fourth-order valence-electron chi connectivity index (χ4n) is 2.07. The van der Waals surface area contributed by atoms with Gasteiger partial charge in [0.05, 0.1) is 6.61 Å². The van der Waals surface area contributed by atoms with Gasteiger partial charge in [-0.2, -0.15) is 0 Å². The summed E-state index contributed by atoms with van der Waals surface area (Å²) in [5, 5.41) is 9.03. The van der Waals surface area contributed by atoms with Gasteiger partial charge in [0.15, 0.2) is 0 Å². The van der Waals surface area contributed by atoms with E-state index in [0.29, 0.717) is 12.1 Å². The average molecular weight is 269 g/mol. The second-order valence-electron chi connectivity index (χ2n) is 4.47. The minimum Gasteiger partial charge on any atom is -0.395 e. The molecule has 1 amide bonds. The lowest BCUT2D eigenvalue weighted by atomic mass is 9.91. The van der Waals surface area contributed by atoms with E-state index >= 15 is 0 Å². The van der Waals surface area contributed by atoms with Gasteiger partial charge in [-0.25, -0.2) is 4.39 Å². The number of aliphatic hydroxyl groups excluding tert-OH is 1. The predicted octanol–water partition coefficient (Wildman–Crippen LogP) is 2.10. The maximum Gasteiger partial charge on any atom is 0.254 e. The smallest absolute Gasteiger partial charge is 0.254 e. The molecule has 98 valence electrons. The van der Waals surface area contributed by atoms with Crippen LogP contribution in [0.5, 0.6) is 0 Å². The monoisotopic (exact) mass is 269 g/mol. The summed E-state index contributed by atoms with van der Waals surface area (Å²) in [6.07, 6.45) is 3.06. The normalized spacial score (nSPS) is 15.3. The molecule has 0 heterocycles. The van der Waals surface area contributed by atoms with Crippen LogP contribution in [0.15, 0.2) is 23.1 Å². The van der Waals surface area contributed by atoms with Crippen LogP contribution in [0.1, 0.15) is 29.6 Å². The third kappa shape index (κ3) is 2.67. The van der Waals surface area contributed by atoms with Gasteiger partial charge in [-0.3, -0.25) is 4.79 Å². The minimum atomic E-state index is -0.438. The molecule has 1 aliphatic rings. The highest BCUT2D eigenvalue weighted by molar-refractivity contribution is 7.80. The van der Waals surface area contributed by atoms with Crippen LogP contribution in [0.4, 0.5) is 4.39 Å². The first-order valence-corrected chi connectivity index (χ1v) is 6.48. The number of rotatable bonds is 4. The van der Waals surface area contributed by atoms with Crippen molar-refractivity contribution in [2.24, 2.45) is 0 Å². The molecule has 1 saturated carbocycles. The van der Waals surface area contributed by atoms with Crippen LogP contribution in [0.3, 0.4) is 0 Å². The molecule has 0 atom stereocenters. The van der Waals surface area contributed by atoms with Crippen LogP contribution in [-0.4, -0.2) is 35.1 Å². The fourth-order valence-corrected chi connectivity index (χ4v) is 2.28. The van der Waals surface area contributed by atoms with Gasteiger partial charge in [-0.05, 0) is 37.5 Å². The van der Waals surface area contributed by atoms with E-state index < -0.39 is 5.82 Å². The number of aliphatic hydroxyl groups is 1. The largest absolute Gasteiger partial charge is 0.395 e. The number of amides is 1. The standard InChI is InChI=1S/C13H16FNO2S/c14-11-5-4-9(8-12(11)18)13(17)15(6-7-16)10-2-1-3-10/h4-5,8,10,16,18H,1-3,6-7H2. The third-order valence-electron chi connectivity index (χ3n) is 3.31. The van der Waals surface area contributed by atoms with Gasteiger partial charge < -0.3 is 10.0 Å². The number of benzene rings is 1. The second-order valence-corrected chi connectivity index (χ2v) is 4.95. The predicted molar refractivity (Wildman–Crippen MR) is 69.4 cm³/mol. The summed E-state index contributed by atoms with van der Waals surface area (Å²) in [7, 11) is 0. The Morgan fingerprint density at radius 2 is 2.22 bits per heavy atom. The topological polar surface area (TPSA) is 40.5 Å². The lowest BCUT2D eigenvalue weighted by Gasteiger charge is -2.37. The number of hydrogen-bond acceptors (Lipinski definition) is 3. The summed E-state index contributed by atoms with van der Waals surface area (Å²) in [5.74, 6) is -0.601. The van der Waals surface area contributed by atoms with E-state index in [-0.39, 0.29) is 23.5 Å². The van der Waals surface area contributed by atoms with Crippen molar-refractivity contribution in [3.05, 3.63) is 29.6 Å². The zero-order valence-electron chi connectivity index (χ0n) is 9.97. The quantitative estimate of drug-likeness (QED) is 0.822. The van der Waals surface area contributed by atoms with E-state index in [1.54, 1.807) is 4.90 Å². The van der Waals surface area contributed by atoms with Gasteiger partial charge in [0.25, 0.3) is 5.91 Å². The highest BCUT2D eigenvalue weighted by atomic mass is 32.1. The maximum atomic E-state index is 13.1. The van der Waals surface area contributed by atoms with E-state index in [4.69, 9.17) is 5.11 Å². The highest BCUT2D eigenvalue weighted by Gasteiger charge is 2.29. The summed E-state index contributed by atoms with van der Waals surface area (Å²) in [6, 6.07) is 4.34. The lowest BCUT2D eigenvalue weighted by Crippen LogP contribution is -2.45. The SMILES string of the molecule is O=C(c1ccc(F)c(S)c1)N(CCO)C1CCC1. The molecular weight excluding hydrogens is 253 g/mol. The van der Waals surface area contributed by atoms with Gasteiger partial charge in [-0.1, -0.05) is 0 Å². The lowest BCUT2D eigenvalue weighted by molar-refractivity contribution is 0.0525. The van der Waals surface area contributed by atoms with Crippen molar-refractivity contribution in [3.63, 3.8) is 0 Å². The molecule has 0 aliphatic heterocycles. The maximum absolute atomic E-state index is 13.1. The summed E-state index contributed by atoms with van der Waals surface area (Å²) < 4.78 is 13.1.